The highest BCUT2D eigenvalue weighted by molar-refractivity contribution is 5.86. The van der Waals surface area contributed by atoms with Crippen molar-refractivity contribution in [3.63, 3.8) is 0 Å². The van der Waals surface area contributed by atoms with Crippen LogP contribution in [0.1, 0.15) is 38.8 Å². The minimum atomic E-state index is 0. The van der Waals surface area contributed by atoms with Gasteiger partial charge in [-0.3, -0.25) is 0 Å². The van der Waals surface area contributed by atoms with E-state index in [2.05, 4.69) is 24.8 Å². The van der Waals surface area contributed by atoms with Crippen LogP contribution in [0.4, 0.5) is 5.69 Å². The largest absolute Gasteiger partial charge is 0.497 e. The molecule has 3 aromatic rings. The van der Waals surface area contributed by atoms with Gasteiger partial charge in [0.25, 0.3) is 0 Å². The Hall–Kier alpha value is -3.24. The summed E-state index contributed by atoms with van der Waals surface area (Å²) in [7, 11) is 1.67. The Morgan fingerprint density at radius 2 is 1.48 bits per heavy atom. The van der Waals surface area contributed by atoms with Gasteiger partial charge in [-0.1, -0.05) is 58.5 Å². The lowest BCUT2D eigenvalue weighted by molar-refractivity contribution is 0.415. The van der Waals surface area contributed by atoms with Gasteiger partial charge in [0, 0.05) is 28.1 Å². The van der Waals surface area contributed by atoms with Crippen LogP contribution < -0.4 is 31.8 Å². The Labute approximate surface area is 173 Å². The molecule has 0 radical (unpaired) electrons. The number of hydrogen-bond donors (Lipinski definition) is 2. The van der Waals surface area contributed by atoms with Gasteiger partial charge < -0.3 is 21.4 Å². The Kier molecular flexibility index (Phi) is 8.97. The third-order valence-electron chi connectivity index (χ3n) is 4.19. The molecule has 5 N–H and O–H groups in total. The van der Waals surface area contributed by atoms with Crippen LogP contribution in [0.2, 0.25) is 0 Å². The van der Waals surface area contributed by atoms with E-state index in [0.29, 0.717) is 5.69 Å². The number of ether oxygens (including phenoxy) is 2. The van der Waals surface area contributed by atoms with E-state index in [1.165, 1.54) is 0 Å². The van der Waals surface area contributed by atoms with Crippen LogP contribution in [0.25, 0.3) is 12.2 Å². The normalized spacial score (nSPS) is 10.4. The second kappa shape index (κ2) is 10.9. The van der Waals surface area contributed by atoms with E-state index in [1.54, 1.807) is 7.11 Å². The molecule has 29 heavy (non-hydrogen) atoms. The molecule has 0 aliphatic carbocycles. The highest BCUT2D eigenvalue weighted by Crippen LogP contribution is 2.37. The van der Waals surface area contributed by atoms with Crippen LogP contribution in [0, 0.1) is 0 Å². The molecule has 0 saturated carbocycles. The van der Waals surface area contributed by atoms with Crippen molar-refractivity contribution in [2.24, 2.45) is 0 Å². The van der Waals surface area contributed by atoms with Crippen molar-refractivity contribution >= 4 is 17.8 Å². The molecule has 1 aliphatic rings. The second-order valence-corrected chi connectivity index (χ2v) is 5.79. The molecule has 3 aromatic carbocycles. The maximum atomic E-state index is 6.07. The average Bonchev–Trinajstić information content (AvgIpc) is 2.75. The van der Waals surface area contributed by atoms with E-state index in [9.17, 15) is 0 Å². The number of nitrogen functional groups attached to an aromatic ring is 1. The van der Waals surface area contributed by atoms with Gasteiger partial charge in [0.2, 0.25) is 0 Å². The fourth-order valence-electron chi connectivity index (χ4n) is 3.02. The molecular formula is C25H32N2O2. The van der Waals surface area contributed by atoms with Crippen molar-refractivity contribution in [3.05, 3.63) is 82.2 Å². The fourth-order valence-corrected chi connectivity index (χ4v) is 3.02. The third-order valence-corrected chi connectivity index (χ3v) is 4.19. The number of benzene rings is 3. The first-order valence-electron chi connectivity index (χ1n) is 9.71. The minimum absolute atomic E-state index is 0. The van der Waals surface area contributed by atoms with Crippen molar-refractivity contribution < 1.29 is 9.47 Å². The standard InChI is InChI=1S/C21H17NO2.2C2H6.H3N/c1-13-3-9-17-19(11-13)24-20-12-15(22)6-10-18(20)21(17)14-4-7-16(23-2)8-5-14;2*1-2;/h3-12H,1,22H2,2H3;2*1-2H3;1H3. The van der Waals surface area contributed by atoms with Gasteiger partial charge in [-0.05, 0) is 41.1 Å². The quantitative estimate of drug-likeness (QED) is 0.456. The van der Waals surface area contributed by atoms with Gasteiger partial charge in [0.1, 0.15) is 17.2 Å². The number of nitrogens with two attached hydrogens (primary N) is 1. The van der Waals surface area contributed by atoms with E-state index >= 15 is 0 Å². The van der Waals surface area contributed by atoms with Crippen molar-refractivity contribution in [1.29, 1.82) is 0 Å². The van der Waals surface area contributed by atoms with Crippen LogP contribution in [-0.2, 0) is 0 Å². The zero-order chi connectivity index (χ0) is 20.7. The van der Waals surface area contributed by atoms with Crippen LogP contribution in [0.15, 0.2) is 60.7 Å². The van der Waals surface area contributed by atoms with Crippen molar-refractivity contribution in [1.82, 2.24) is 6.15 Å². The van der Waals surface area contributed by atoms with Gasteiger partial charge in [-0.25, -0.2) is 0 Å². The number of methoxy groups -OCH3 is 1. The molecule has 4 rings (SSSR count). The van der Waals surface area contributed by atoms with Gasteiger partial charge in [0.05, 0.1) is 7.11 Å². The lowest BCUT2D eigenvalue weighted by Crippen LogP contribution is -2.19. The molecule has 0 amide bonds. The van der Waals surface area contributed by atoms with Crippen LogP contribution in [0.5, 0.6) is 17.2 Å². The molecule has 0 bridgehead atoms. The van der Waals surface area contributed by atoms with E-state index in [-0.39, 0.29) is 6.15 Å². The summed E-state index contributed by atoms with van der Waals surface area (Å²) in [5.41, 5.74) is 9.86. The lowest BCUT2D eigenvalue weighted by Gasteiger charge is -2.21. The molecule has 0 unspecified atom stereocenters. The fraction of sp³-hybridized carbons (Fsp3) is 0.200. The number of fused-ring (bicyclic) bond motifs is 2. The Morgan fingerprint density at radius 3 is 2.10 bits per heavy atom. The van der Waals surface area contributed by atoms with Gasteiger partial charge in [-0.2, -0.15) is 0 Å². The van der Waals surface area contributed by atoms with E-state index in [4.69, 9.17) is 15.2 Å². The van der Waals surface area contributed by atoms with Crippen molar-refractivity contribution in [2.75, 3.05) is 12.8 Å². The van der Waals surface area contributed by atoms with Crippen molar-refractivity contribution in [3.8, 4) is 17.2 Å². The van der Waals surface area contributed by atoms with E-state index in [0.717, 1.165) is 44.4 Å². The molecule has 0 aromatic heterocycles. The predicted octanol–water partition coefficient (Wildman–Crippen LogP) is 5.26. The molecule has 0 saturated heterocycles. The Bertz CT molecular complexity index is 1040. The zero-order valence-corrected chi connectivity index (χ0v) is 18.1. The summed E-state index contributed by atoms with van der Waals surface area (Å²) in [4.78, 5) is 0. The van der Waals surface area contributed by atoms with Gasteiger partial charge >= 0.3 is 0 Å². The molecule has 0 fully saturated rings. The van der Waals surface area contributed by atoms with Gasteiger partial charge in [-0.15, -0.1) is 0 Å². The number of hydrogen-bond acceptors (Lipinski definition) is 4. The first-order valence-corrected chi connectivity index (χ1v) is 9.71. The monoisotopic (exact) mass is 392 g/mol. The minimum Gasteiger partial charge on any atom is -0.497 e. The average molecular weight is 393 g/mol. The zero-order valence-electron chi connectivity index (χ0n) is 18.1. The first kappa shape index (κ1) is 23.8. The molecule has 4 heteroatoms. The van der Waals surface area contributed by atoms with Crippen LogP contribution >= 0.6 is 0 Å². The first-order chi connectivity index (χ1) is 13.7. The summed E-state index contributed by atoms with van der Waals surface area (Å²) in [6, 6.07) is 19.8. The number of rotatable bonds is 2. The summed E-state index contributed by atoms with van der Waals surface area (Å²) in [6.07, 6.45) is 0. The second-order valence-electron chi connectivity index (χ2n) is 5.79. The predicted molar refractivity (Wildman–Crippen MR) is 124 cm³/mol. The summed E-state index contributed by atoms with van der Waals surface area (Å²) in [6.45, 7) is 12.0. The maximum absolute atomic E-state index is 6.07. The Balaban J connectivity index is 0.000000794. The maximum Gasteiger partial charge on any atom is 0.137 e. The third kappa shape index (κ3) is 4.98. The number of anilines is 1. The summed E-state index contributed by atoms with van der Waals surface area (Å²) < 4.78 is 11.3. The molecular weight excluding hydrogens is 360 g/mol. The smallest absolute Gasteiger partial charge is 0.137 e. The molecule has 0 atom stereocenters. The summed E-state index contributed by atoms with van der Waals surface area (Å²) in [5.74, 6) is 2.39. The highest BCUT2D eigenvalue weighted by Gasteiger charge is 2.20. The molecule has 1 aliphatic heterocycles. The van der Waals surface area contributed by atoms with Crippen molar-refractivity contribution in [2.45, 2.75) is 27.7 Å². The Morgan fingerprint density at radius 1 is 0.828 bits per heavy atom. The van der Waals surface area contributed by atoms with E-state index in [1.807, 2.05) is 70.2 Å². The van der Waals surface area contributed by atoms with Crippen LogP contribution in [-0.4, -0.2) is 7.11 Å². The van der Waals surface area contributed by atoms with Crippen LogP contribution in [0.3, 0.4) is 0 Å². The topological polar surface area (TPSA) is 79.5 Å². The van der Waals surface area contributed by atoms with E-state index < -0.39 is 0 Å². The lowest BCUT2D eigenvalue weighted by atomic mass is 9.92. The molecule has 1 heterocycles. The van der Waals surface area contributed by atoms with Gasteiger partial charge in [0.15, 0.2) is 0 Å². The molecule has 4 nitrogen and oxygen atoms in total. The summed E-state index contributed by atoms with van der Waals surface area (Å²) >= 11 is 0. The molecule has 0 spiro atoms. The highest BCUT2D eigenvalue weighted by atomic mass is 16.5. The summed E-state index contributed by atoms with van der Waals surface area (Å²) in [5, 5.41) is 1.96. The molecule has 154 valence electrons. The SMILES string of the molecule is C=c1ccc2c(c1)Oc1cc(N)ccc1C=2c1ccc(OC)cc1.CC.CC.N.